The van der Waals surface area contributed by atoms with Gasteiger partial charge in [0.15, 0.2) is 0 Å². The van der Waals surface area contributed by atoms with Crippen molar-refractivity contribution in [1.82, 2.24) is 14.9 Å². The molecule has 2 N–H and O–H groups in total. The lowest BCUT2D eigenvalue weighted by atomic mass is 9.90. The van der Waals surface area contributed by atoms with E-state index < -0.39 is 11.9 Å². The summed E-state index contributed by atoms with van der Waals surface area (Å²) in [6.07, 6.45) is 2.82. The quantitative estimate of drug-likeness (QED) is 0.854. The van der Waals surface area contributed by atoms with Gasteiger partial charge in [0, 0.05) is 23.9 Å². The molecule has 3 heterocycles. The van der Waals surface area contributed by atoms with Gasteiger partial charge >= 0.3 is 0 Å². The van der Waals surface area contributed by atoms with Gasteiger partial charge in [-0.2, -0.15) is 0 Å². The number of carbonyl (C=O) groups excluding carboxylic acids is 2. The van der Waals surface area contributed by atoms with Gasteiger partial charge in [-0.05, 0) is 37.0 Å². The lowest BCUT2D eigenvalue weighted by Crippen LogP contribution is -2.46. The molecule has 0 aromatic carbocycles. The Bertz CT molecular complexity index is 900. The maximum absolute atomic E-state index is 12.8. The van der Waals surface area contributed by atoms with Crippen LogP contribution in [0.15, 0.2) is 18.3 Å². The van der Waals surface area contributed by atoms with Crippen molar-refractivity contribution < 1.29 is 9.59 Å². The molecule has 3 rings (SSSR count). The Morgan fingerprint density at radius 2 is 2.07 bits per heavy atom. The van der Waals surface area contributed by atoms with Gasteiger partial charge in [-0.3, -0.25) is 14.6 Å². The van der Waals surface area contributed by atoms with E-state index in [1.807, 2.05) is 26.1 Å². The zero-order chi connectivity index (χ0) is 20.6. The van der Waals surface area contributed by atoms with E-state index in [2.05, 4.69) is 36.8 Å². The molecule has 2 atom stereocenters. The maximum atomic E-state index is 12.8. The van der Waals surface area contributed by atoms with Crippen molar-refractivity contribution in [2.45, 2.75) is 58.9 Å². The van der Waals surface area contributed by atoms with Crippen LogP contribution in [0, 0.1) is 12.8 Å². The Labute approximate surface area is 170 Å². The molecule has 0 spiro atoms. The Morgan fingerprint density at radius 3 is 2.71 bits per heavy atom. The number of nitrogens with zero attached hydrogens (tertiary/aromatic N) is 3. The molecule has 2 aromatic heterocycles. The maximum Gasteiger partial charge on any atom is 0.240 e. The number of aromatic nitrogens is 2. The van der Waals surface area contributed by atoms with E-state index in [0.717, 1.165) is 33.3 Å². The van der Waals surface area contributed by atoms with E-state index in [0.29, 0.717) is 6.54 Å². The van der Waals surface area contributed by atoms with Gasteiger partial charge in [0.2, 0.25) is 11.8 Å². The van der Waals surface area contributed by atoms with E-state index in [-0.39, 0.29) is 23.7 Å². The first-order valence-electron chi connectivity index (χ1n) is 9.60. The fourth-order valence-corrected chi connectivity index (χ4v) is 4.72. The Balaban J connectivity index is 1.82. The van der Waals surface area contributed by atoms with Crippen LogP contribution in [0.3, 0.4) is 0 Å². The number of carbonyl (C=O) groups is 2. The number of nitrogens with two attached hydrogens (primary N) is 1. The van der Waals surface area contributed by atoms with Crippen LogP contribution in [0.1, 0.15) is 50.5 Å². The topological polar surface area (TPSA) is 89.2 Å². The highest BCUT2D eigenvalue weighted by Crippen LogP contribution is 2.33. The molecule has 1 fully saturated rings. The Hall–Kier alpha value is -2.28. The van der Waals surface area contributed by atoms with Crippen molar-refractivity contribution in [2.24, 2.45) is 11.7 Å². The zero-order valence-electron chi connectivity index (χ0n) is 17.2. The summed E-state index contributed by atoms with van der Waals surface area (Å²) in [6, 6.07) is 3.56. The van der Waals surface area contributed by atoms with Gasteiger partial charge in [0.1, 0.15) is 11.0 Å². The predicted molar refractivity (Wildman–Crippen MR) is 111 cm³/mol. The van der Waals surface area contributed by atoms with Gasteiger partial charge in [-0.15, -0.1) is 11.3 Å². The molecule has 1 saturated heterocycles. The molecule has 0 bridgehead atoms. The van der Waals surface area contributed by atoms with E-state index in [1.54, 1.807) is 4.90 Å². The van der Waals surface area contributed by atoms with Crippen molar-refractivity contribution in [3.63, 3.8) is 0 Å². The second kappa shape index (κ2) is 7.62. The standard InChI is InChI=1S/C21H28N4O2S/c1-12-7-9-25(18(12)20(22)27)17(26)11-16-24-13(2)19(28-16)14-6-8-23-15(10-14)21(3,4)5/h6,8,10,12,18H,7,9,11H2,1-5H3,(H2,22,27)/t12-,18+/m1/s1. The summed E-state index contributed by atoms with van der Waals surface area (Å²) in [4.78, 5) is 36.3. The average molecular weight is 401 g/mol. The van der Waals surface area contributed by atoms with Gasteiger partial charge in [0.25, 0.3) is 0 Å². The normalized spacial score (nSPS) is 19.8. The van der Waals surface area contributed by atoms with Crippen LogP contribution in [-0.2, 0) is 21.4 Å². The predicted octanol–water partition coefficient (Wildman–Crippen LogP) is 3.08. The number of thiazole rings is 1. The van der Waals surface area contributed by atoms with Crippen LogP contribution < -0.4 is 5.73 Å². The first-order valence-corrected chi connectivity index (χ1v) is 10.4. The third-order valence-corrected chi connectivity index (χ3v) is 6.45. The highest BCUT2D eigenvalue weighted by atomic mass is 32.1. The zero-order valence-corrected chi connectivity index (χ0v) is 18.0. The molecule has 1 aliphatic rings. The van der Waals surface area contributed by atoms with Crippen LogP contribution >= 0.6 is 11.3 Å². The smallest absolute Gasteiger partial charge is 0.240 e. The summed E-state index contributed by atoms with van der Waals surface area (Å²) in [6.45, 7) is 10.9. The molecule has 0 radical (unpaired) electrons. The van der Waals surface area contributed by atoms with Gasteiger partial charge in [-0.25, -0.2) is 4.98 Å². The highest BCUT2D eigenvalue weighted by Gasteiger charge is 2.38. The van der Waals surface area contributed by atoms with Crippen LogP contribution in [0.5, 0.6) is 0 Å². The molecule has 1 aliphatic heterocycles. The minimum atomic E-state index is -0.512. The second-order valence-corrected chi connectivity index (χ2v) is 9.66. The molecular weight excluding hydrogens is 372 g/mol. The Kier molecular flexibility index (Phi) is 5.57. The van der Waals surface area contributed by atoms with Gasteiger partial charge in [0.05, 0.1) is 17.0 Å². The summed E-state index contributed by atoms with van der Waals surface area (Å²) < 4.78 is 0. The van der Waals surface area contributed by atoms with E-state index in [4.69, 9.17) is 5.73 Å². The fraction of sp³-hybridized carbons (Fsp3) is 0.524. The summed E-state index contributed by atoms with van der Waals surface area (Å²) in [5.41, 5.74) is 8.46. The van der Waals surface area contributed by atoms with Crippen LogP contribution in [0.2, 0.25) is 0 Å². The number of aryl methyl sites for hydroxylation is 1. The number of primary amides is 1. The monoisotopic (exact) mass is 400 g/mol. The van der Waals surface area contributed by atoms with Crippen molar-refractivity contribution in [2.75, 3.05) is 6.54 Å². The third-order valence-electron chi connectivity index (χ3n) is 5.25. The molecule has 0 saturated carbocycles. The molecule has 2 amide bonds. The minimum absolute atomic E-state index is 0.0381. The number of likely N-dealkylation sites (tertiary alicyclic amines) is 1. The average Bonchev–Trinajstić information content (AvgIpc) is 3.17. The van der Waals surface area contributed by atoms with Crippen molar-refractivity contribution >= 4 is 23.2 Å². The number of hydrogen-bond donors (Lipinski definition) is 1. The number of hydrogen-bond acceptors (Lipinski definition) is 5. The molecule has 0 aliphatic carbocycles. The van der Waals surface area contributed by atoms with E-state index in [1.165, 1.54) is 11.3 Å². The number of rotatable bonds is 4. The van der Waals surface area contributed by atoms with Crippen LogP contribution in [0.4, 0.5) is 0 Å². The SMILES string of the molecule is Cc1nc(CC(=O)N2CC[C@@H](C)[C@H]2C(N)=O)sc1-c1ccnc(C(C)(C)C)c1. The summed E-state index contributed by atoms with van der Waals surface area (Å²) >= 11 is 1.53. The van der Waals surface area contributed by atoms with Crippen LogP contribution in [-0.4, -0.2) is 39.3 Å². The van der Waals surface area contributed by atoms with Crippen molar-refractivity contribution in [3.8, 4) is 10.4 Å². The largest absolute Gasteiger partial charge is 0.368 e. The molecule has 150 valence electrons. The number of amides is 2. The minimum Gasteiger partial charge on any atom is -0.368 e. The van der Waals surface area contributed by atoms with Crippen LogP contribution in [0.25, 0.3) is 10.4 Å². The summed E-state index contributed by atoms with van der Waals surface area (Å²) in [5, 5.41) is 0.759. The Morgan fingerprint density at radius 1 is 1.36 bits per heavy atom. The van der Waals surface area contributed by atoms with Gasteiger partial charge < -0.3 is 10.6 Å². The lowest BCUT2D eigenvalue weighted by molar-refractivity contribution is -0.137. The first-order chi connectivity index (χ1) is 13.1. The summed E-state index contributed by atoms with van der Waals surface area (Å²) in [5.74, 6) is -0.415. The summed E-state index contributed by atoms with van der Waals surface area (Å²) in [7, 11) is 0. The van der Waals surface area contributed by atoms with E-state index >= 15 is 0 Å². The number of pyridine rings is 1. The fourth-order valence-electron chi connectivity index (χ4n) is 3.67. The van der Waals surface area contributed by atoms with Crippen molar-refractivity contribution in [1.29, 1.82) is 0 Å². The molecular formula is C21H28N4O2S. The molecule has 2 aromatic rings. The highest BCUT2D eigenvalue weighted by molar-refractivity contribution is 7.15. The first kappa shape index (κ1) is 20.5. The molecule has 0 unspecified atom stereocenters. The third kappa shape index (κ3) is 4.09. The molecule has 28 heavy (non-hydrogen) atoms. The second-order valence-electron chi connectivity index (χ2n) is 8.58. The molecule has 7 heteroatoms. The van der Waals surface area contributed by atoms with Gasteiger partial charge in [-0.1, -0.05) is 27.7 Å². The molecule has 6 nitrogen and oxygen atoms in total. The van der Waals surface area contributed by atoms with Crippen molar-refractivity contribution in [3.05, 3.63) is 34.7 Å². The van der Waals surface area contributed by atoms with E-state index in [9.17, 15) is 9.59 Å². The lowest BCUT2D eigenvalue weighted by Gasteiger charge is -2.23.